The second-order valence-corrected chi connectivity index (χ2v) is 5.82. The third-order valence-corrected chi connectivity index (χ3v) is 4.59. The van der Waals surface area contributed by atoms with E-state index in [0.29, 0.717) is 12.0 Å². The average molecular weight is 268 g/mol. The Kier molecular flexibility index (Phi) is 2.84. The van der Waals surface area contributed by atoms with Crippen LogP contribution in [-0.2, 0) is 13.0 Å². The van der Waals surface area contributed by atoms with Gasteiger partial charge in [-0.2, -0.15) is 0 Å². The third-order valence-electron chi connectivity index (χ3n) is 4.59. The normalized spacial score (nSPS) is 23.9. The van der Waals surface area contributed by atoms with Gasteiger partial charge in [-0.25, -0.2) is 0 Å². The fourth-order valence-electron chi connectivity index (χ4n) is 3.52. The summed E-state index contributed by atoms with van der Waals surface area (Å²) >= 11 is 0. The predicted octanol–water partition coefficient (Wildman–Crippen LogP) is 2.41. The number of aromatic nitrogens is 3. The molecule has 0 saturated heterocycles. The van der Waals surface area contributed by atoms with Crippen LogP contribution in [0.25, 0.3) is 0 Å². The average Bonchev–Trinajstić information content (AvgIpc) is 2.86. The molecular formula is C16H20N4. The molecule has 0 spiro atoms. The molecule has 1 aliphatic heterocycles. The molecule has 4 rings (SSSR count). The first-order valence-electron chi connectivity index (χ1n) is 7.62. The van der Waals surface area contributed by atoms with E-state index < -0.39 is 0 Å². The highest BCUT2D eigenvalue weighted by atomic mass is 15.3. The zero-order chi connectivity index (χ0) is 13.5. The van der Waals surface area contributed by atoms with Gasteiger partial charge in [0.15, 0.2) is 0 Å². The molecule has 2 aromatic rings. The molecule has 1 aliphatic carbocycles. The van der Waals surface area contributed by atoms with Crippen LogP contribution in [0.2, 0.25) is 0 Å². The van der Waals surface area contributed by atoms with Crippen molar-refractivity contribution < 1.29 is 0 Å². The van der Waals surface area contributed by atoms with Gasteiger partial charge in [-0.1, -0.05) is 37.6 Å². The summed E-state index contributed by atoms with van der Waals surface area (Å²) in [5.41, 5.74) is 2.90. The van der Waals surface area contributed by atoms with Gasteiger partial charge < -0.3 is 9.88 Å². The van der Waals surface area contributed by atoms with Crippen LogP contribution >= 0.6 is 0 Å². The van der Waals surface area contributed by atoms with Crippen molar-refractivity contribution in [2.45, 2.75) is 44.7 Å². The van der Waals surface area contributed by atoms with E-state index in [-0.39, 0.29) is 0 Å². The Morgan fingerprint density at radius 2 is 2.10 bits per heavy atom. The van der Waals surface area contributed by atoms with Gasteiger partial charge in [0.2, 0.25) is 0 Å². The smallest absolute Gasteiger partial charge is 0.150 e. The summed E-state index contributed by atoms with van der Waals surface area (Å²) in [6.07, 6.45) is 3.42. The summed E-state index contributed by atoms with van der Waals surface area (Å²) in [5, 5.41) is 12.6. The lowest BCUT2D eigenvalue weighted by atomic mass is 9.77. The highest BCUT2D eigenvalue weighted by molar-refractivity contribution is 5.44. The van der Waals surface area contributed by atoms with E-state index in [1.807, 2.05) is 0 Å². The van der Waals surface area contributed by atoms with Gasteiger partial charge in [-0.3, -0.25) is 0 Å². The summed E-state index contributed by atoms with van der Waals surface area (Å²) < 4.78 is 2.36. The Morgan fingerprint density at radius 3 is 2.95 bits per heavy atom. The van der Waals surface area contributed by atoms with Crippen molar-refractivity contribution in [3.8, 4) is 0 Å². The molecule has 2 heterocycles. The second kappa shape index (κ2) is 4.70. The van der Waals surface area contributed by atoms with Crippen LogP contribution < -0.4 is 5.32 Å². The van der Waals surface area contributed by atoms with Crippen LogP contribution in [-0.4, -0.2) is 21.3 Å². The number of rotatable bonds is 3. The number of hydrogen-bond acceptors (Lipinski definition) is 3. The van der Waals surface area contributed by atoms with E-state index in [1.54, 1.807) is 0 Å². The topological polar surface area (TPSA) is 42.7 Å². The molecule has 0 saturated carbocycles. The molecule has 20 heavy (non-hydrogen) atoms. The minimum atomic E-state index is 0.380. The molecule has 4 nitrogen and oxygen atoms in total. The second-order valence-electron chi connectivity index (χ2n) is 5.82. The third kappa shape index (κ3) is 1.71. The molecule has 104 valence electrons. The lowest BCUT2D eigenvalue weighted by molar-refractivity contribution is 0.384. The van der Waals surface area contributed by atoms with Gasteiger partial charge in [0.1, 0.15) is 11.6 Å². The van der Waals surface area contributed by atoms with E-state index in [0.717, 1.165) is 31.8 Å². The van der Waals surface area contributed by atoms with E-state index in [1.165, 1.54) is 23.4 Å². The lowest BCUT2D eigenvalue weighted by Crippen LogP contribution is -2.35. The largest absolute Gasteiger partial charge is 0.312 e. The van der Waals surface area contributed by atoms with Crippen molar-refractivity contribution in [3.05, 3.63) is 47.0 Å². The number of benzene rings is 1. The summed E-state index contributed by atoms with van der Waals surface area (Å²) in [7, 11) is 0. The zero-order valence-corrected chi connectivity index (χ0v) is 11.8. The predicted molar refractivity (Wildman–Crippen MR) is 77.7 cm³/mol. The van der Waals surface area contributed by atoms with Crippen LogP contribution in [0.1, 0.15) is 54.5 Å². The Morgan fingerprint density at radius 1 is 1.25 bits per heavy atom. The molecule has 1 aromatic heterocycles. The van der Waals surface area contributed by atoms with Gasteiger partial charge in [0.25, 0.3) is 0 Å². The first kappa shape index (κ1) is 12.1. The SMILES string of the molecule is CCCC1NCCn2c1nnc2C1Cc2ccccc21. The Hall–Kier alpha value is -1.68. The number of nitrogens with zero attached hydrogens (tertiary/aromatic N) is 3. The molecule has 0 fully saturated rings. The van der Waals surface area contributed by atoms with E-state index in [9.17, 15) is 0 Å². The molecule has 0 bridgehead atoms. The Bertz CT molecular complexity index is 631. The molecule has 2 atom stereocenters. The van der Waals surface area contributed by atoms with Gasteiger partial charge in [-0.15, -0.1) is 10.2 Å². The van der Waals surface area contributed by atoms with E-state index >= 15 is 0 Å². The maximum Gasteiger partial charge on any atom is 0.150 e. The molecule has 4 heteroatoms. The molecule has 1 aromatic carbocycles. The van der Waals surface area contributed by atoms with E-state index in [4.69, 9.17) is 0 Å². The van der Waals surface area contributed by atoms with Gasteiger partial charge in [0, 0.05) is 19.0 Å². The minimum absolute atomic E-state index is 0.380. The summed E-state index contributed by atoms with van der Waals surface area (Å²) in [4.78, 5) is 0. The number of hydrogen-bond donors (Lipinski definition) is 1. The van der Waals surface area contributed by atoms with Crippen molar-refractivity contribution in [3.63, 3.8) is 0 Å². The maximum absolute atomic E-state index is 4.52. The van der Waals surface area contributed by atoms with Crippen molar-refractivity contribution in [1.82, 2.24) is 20.1 Å². The first-order valence-corrected chi connectivity index (χ1v) is 7.62. The standard InChI is InChI=1S/C16H20N4/c1-2-5-14-16-19-18-15(20(16)9-8-17-14)13-10-11-6-3-4-7-12(11)13/h3-4,6-7,13-14,17H,2,5,8-10H2,1H3. The van der Waals surface area contributed by atoms with Gasteiger partial charge >= 0.3 is 0 Å². The zero-order valence-electron chi connectivity index (χ0n) is 11.8. The molecule has 1 N–H and O–H groups in total. The minimum Gasteiger partial charge on any atom is -0.312 e. The molecule has 0 radical (unpaired) electrons. The summed E-state index contributed by atoms with van der Waals surface area (Å²) in [6, 6.07) is 9.08. The van der Waals surface area contributed by atoms with Gasteiger partial charge in [-0.05, 0) is 24.0 Å². The summed E-state index contributed by atoms with van der Waals surface area (Å²) in [6.45, 7) is 4.24. The molecule has 2 unspecified atom stereocenters. The fourth-order valence-corrected chi connectivity index (χ4v) is 3.52. The van der Waals surface area contributed by atoms with Crippen molar-refractivity contribution >= 4 is 0 Å². The highest BCUT2D eigenvalue weighted by Gasteiger charge is 2.34. The van der Waals surface area contributed by atoms with Crippen LogP contribution in [0.4, 0.5) is 0 Å². The van der Waals surface area contributed by atoms with Gasteiger partial charge in [0.05, 0.1) is 6.04 Å². The molecular weight excluding hydrogens is 248 g/mol. The lowest BCUT2D eigenvalue weighted by Gasteiger charge is -2.31. The molecule has 0 amide bonds. The van der Waals surface area contributed by atoms with Crippen LogP contribution in [0.15, 0.2) is 24.3 Å². The number of fused-ring (bicyclic) bond motifs is 2. The van der Waals surface area contributed by atoms with E-state index in [2.05, 4.69) is 51.3 Å². The Balaban J connectivity index is 1.69. The van der Waals surface area contributed by atoms with Crippen LogP contribution in [0.3, 0.4) is 0 Å². The monoisotopic (exact) mass is 268 g/mol. The van der Waals surface area contributed by atoms with Crippen LogP contribution in [0.5, 0.6) is 0 Å². The fraction of sp³-hybridized carbons (Fsp3) is 0.500. The molecule has 2 aliphatic rings. The highest BCUT2D eigenvalue weighted by Crippen LogP contribution is 2.40. The Labute approximate surface area is 119 Å². The summed E-state index contributed by atoms with van der Waals surface area (Å²) in [5.74, 6) is 2.76. The first-order chi connectivity index (χ1) is 9.88. The quantitative estimate of drug-likeness (QED) is 0.929. The van der Waals surface area contributed by atoms with Crippen molar-refractivity contribution in [2.24, 2.45) is 0 Å². The van der Waals surface area contributed by atoms with Crippen molar-refractivity contribution in [1.29, 1.82) is 0 Å². The number of nitrogens with one attached hydrogen (secondary N) is 1. The maximum atomic E-state index is 4.52. The van der Waals surface area contributed by atoms with Crippen LogP contribution in [0, 0.1) is 0 Å². The van der Waals surface area contributed by atoms with Crippen molar-refractivity contribution in [2.75, 3.05) is 6.54 Å².